The highest BCUT2D eigenvalue weighted by Crippen LogP contribution is 2.23. The van der Waals surface area contributed by atoms with Crippen molar-refractivity contribution in [2.24, 2.45) is 5.10 Å². The predicted octanol–water partition coefficient (Wildman–Crippen LogP) is 2.87. The summed E-state index contributed by atoms with van der Waals surface area (Å²) in [5.74, 6) is -0.159. The van der Waals surface area contributed by atoms with E-state index < -0.39 is 0 Å². The van der Waals surface area contributed by atoms with Gasteiger partial charge in [0.25, 0.3) is 5.91 Å². The van der Waals surface area contributed by atoms with E-state index in [0.717, 1.165) is 17.1 Å². The third kappa shape index (κ3) is 7.04. The monoisotopic (exact) mass is 384 g/mol. The molecule has 0 spiro atoms. The number of benzene rings is 1. The maximum absolute atomic E-state index is 12.6. The standard InChI is InChI=1S/C22H30N4O.H2O/c1-17-11-13-19(14-12-17)26(22(3,4)5)16-21(27)25-24-20-10-8-6-7-9-15-23-18(20)2;/h6-9,11-14,23H,2,10,15-16H2,1,3-5H3,(H,25,27);1H2/b8-6-,9-7-,24-20-;. The number of hydrogen-bond acceptors (Lipinski definition) is 4. The van der Waals surface area contributed by atoms with E-state index >= 15 is 0 Å². The molecule has 0 bridgehead atoms. The Morgan fingerprint density at radius 3 is 2.50 bits per heavy atom. The molecular weight excluding hydrogens is 352 g/mol. The highest BCUT2D eigenvalue weighted by Gasteiger charge is 2.24. The summed E-state index contributed by atoms with van der Waals surface area (Å²) in [4.78, 5) is 14.6. The first-order chi connectivity index (χ1) is 12.8. The summed E-state index contributed by atoms with van der Waals surface area (Å²) in [6, 6.07) is 8.20. The fourth-order valence-corrected chi connectivity index (χ4v) is 2.67. The first-order valence-corrected chi connectivity index (χ1v) is 9.22. The lowest BCUT2D eigenvalue weighted by Gasteiger charge is -2.37. The minimum atomic E-state index is -0.197. The molecule has 0 saturated heterocycles. The van der Waals surface area contributed by atoms with Gasteiger partial charge < -0.3 is 15.7 Å². The number of hydrazone groups is 1. The fourth-order valence-electron chi connectivity index (χ4n) is 2.67. The van der Waals surface area contributed by atoms with Gasteiger partial charge in [-0.25, -0.2) is 5.43 Å². The zero-order chi connectivity index (χ0) is 19.9. The molecule has 0 radical (unpaired) electrons. The third-order valence-corrected chi connectivity index (χ3v) is 4.25. The Morgan fingerprint density at radius 1 is 1.21 bits per heavy atom. The molecule has 1 aromatic rings. The van der Waals surface area contributed by atoms with Crippen LogP contribution in [0.4, 0.5) is 5.69 Å². The topological polar surface area (TPSA) is 88.2 Å². The van der Waals surface area contributed by atoms with Gasteiger partial charge in [-0.1, -0.05) is 48.6 Å². The molecule has 4 N–H and O–H groups in total. The number of carbonyl (C=O) groups is 1. The zero-order valence-electron chi connectivity index (χ0n) is 17.2. The van der Waals surface area contributed by atoms with Crippen LogP contribution in [-0.2, 0) is 4.79 Å². The fraction of sp³-hybridized carbons (Fsp3) is 0.364. The van der Waals surface area contributed by atoms with Gasteiger partial charge in [0.15, 0.2) is 0 Å². The predicted molar refractivity (Wildman–Crippen MR) is 118 cm³/mol. The minimum absolute atomic E-state index is 0. The maximum Gasteiger partial charge on any atom is 0.259 e. The molecule has 1 aromatic carbocycles. The number of amides is 1. The van der Waals surface area contributed by atoms with Crippen molar-refractivity contribution in [3.8, 4) is 0 Å². The average molecular weight is 385 g/mol. The van der Waals surface area contributed by atoms with E-state index in [1.807, 2.05) is 36.4 Å². The van der Waals surface area contributed by atoms with Gasteiger partial charge >= 0.3 is 0 Å². The normalized spacial score (nSPS) is 18.0. The molecule has 6 heteroatoms. The molecule has 2 rings (SSSR count). The lowest BCUT2D eigenvalue weighted by Crippen LogP contribution is -2.47. The van der Waals surface area contributed by atoms with Gasteiger partial charge in [0, 0.05) is 24.2 Å². The summed E-state index contributed by atoms with van der Waals surface area (Å²) < 4.78 is 0. The Bertz CT molecular complexity index is 756. The van der Waals surface area contributed by atoms with Crippen LogP contribution in [0.1, 0.15) is 32.8 Å². The summed E-state index contributed by atoms with van der Waals surface area (Å²) in [6.45, 7) is 13.2. The first-order valence-electron chi connectivity index (χ1n) is 9.22. The van der Waals surface area contributed by atoms with Gasteiger partial charge in [-0.2, -0.15) is 5.10 Å². The van der Waals surface area contributed by atoms with Crippen LogP contribution < -0.4 is 15.6 Å². The zero-order valence-corrected chi connectivity index (χ0v) is 17.2. The highest BCUT2D eigenvalue weighted by molar-refractivity contribution is 6.00. The lowest BCUT2D eigenvalue weighted by atomic mass is 10.0. The van der Waals surface area contributed by atoms with Crippen molar-refractivity contribution in [1.82, 2.24) is 10.7 Å². The van der Waals surface area contributed by atoms with Crippen molar-refractivity contribution >= 4 is 17.3 Å². The van der Waals surface area contributed by atoms with Crippen LogP contribution in [0.25, 0.3) is 0 Å². The number of rotatable bonds is 4. The van der Waals surface area contributed by atoms with Gasteiger partial charge in [-0.05, 0) is 39.8 Å². The lowest BCUT2D eigenvalue weighted by molar-refractivity contribution is -0.119. The van der Waals surface area contributed by atoms with E-state index in [1.165, 1.54) is 5.56 Å². The summed E-state index contributed by atoms with van der Waals surface area (Å²) >= 11 is 0. The molecule has 152 valence electrons. The minimum Gasteiger partial charge on any atom is -0.412 e. The number of hydrogen-bond donors (Lipinski definition) is 2. The number of carbonyl (C=O) groups excluding carboxylic acids is 1. The Kier molecular flexibility index (Phi) is 8.67. The Labute approximate surface area is 168 Å². The van der Waals surface area contributed by atoms with Gasteiger partial charge in [0.05, 0.1) is 18.0 Å². The molecular formula is C22H32N4O2. The largest absolute Gasteiger partial charge is 0.412 e. The molecule has 1 amide bonds. The number of anilines is 1. The quantitative estimate of drug-likeness (QED) is 0.783. The summed E-state index contributed by atoms with van der Waals surface area (Å²) in [5.41, 5.74) is 6.14. The third-order valence-electron chi connectivity index (χ3n) is 4.25. The van der Waals surface area contributed by atoms with E-state index in [1.54, 1.807) is 0 Å². The summed E-state index contributed by atoms with van der Waals surface area (Å²) in [7, 11) is 0. The van der Waals surface area contributed by atoms with E-state index in [2.05, 4.69) is 67.2 Å². The molecule has 0 unspecified atom stereocenters. The molecule has 0 aromatic heterocycles. The van der Waals surface area contributed by atoms with Crippen LogP contribution >= 0.6 is 0 Å². The Balaban J connectivity index is 0.00000392. The van der Waals surface area contributed by atoms with Gasteiger partial charge in [0.2, 0.25) is 0 Å². The van der Waals surface area contributed by atoms with Crippen molar-refractivity contribution in [2.45, 2.75) is 39.7 Å². The maximum atomic E-state index is 12.6. The molecule has 0 atom stereocenters. The van der Waals surface area contributed by atoms with Crippen LogP contribution in [0, 0.1) is 6.92 Å². The molecule has 1 heterocycles. The second-order valence-corrected chi connectivity index (χ2v) is 7.61. The number of allylic oxidation sites excluding steroid dienone is 4. The van der Waals surface area contributed by atoms with Crippen LogP contribution in [0.5, 0.6) is 0 Å². The van der Waals surface area contributed by atoms with E-state index in [-0.39, 0.29) is 23.5 Å². The van der Waals surface area contributed by atoms with Crippen molar-refractivity contribution in [3.05, 3.63) is 66.4 Å². The van der Waals surface area contributed by atoms with Crippen molar-refractivity contribution in [1.29, 1.82) is 0 Å². The number of nitrogens with zero attached hydrogens (tertiary/aromatic N) is 2. The van der Waals surface area contributed by atoms with Crippen LogP contribution in [-0.4, -0.2) is 35.7 Å². The molecule has 0 aliphatic carbocycles. The van der Waals surface area contributed by atoms with Gasteiger partial charge in [-0.15, -0.1) is 0 Å². The highest BCUT2D eigenvalue weighted by atomic mass is 16.2. The number of aryl methyl sites for hydroxylation is 1. The van der Waals surface area contributed by atoms with Crippen molar-refractivity contribution in [2.75, 3.05) is 18.0 Å². The van der Waals surface area contributed by atoms with Crippen molar-refractivity contribution < 1.29 is 10.3 Å². The second-order valence-electron chi connectivity index (χ2n) is 7.61. The summed E-state index contributed by atoms with van der Waals surface area (Å²) in [5, 5.41) is 7.48. The Hall–Kier alpha value is -2.86. The molecule has 6 nitrogen and oxygen atoms in total. The SMILES string of the molecule is C=C1NC/C=C\C=C/C/C1=N/NC(=O)CN(c1ccc(C)cc1)C(C)(C)C.O. The van der Waals surface area contributed by atoms with Crippen LogP contribution in [0.2, 0.25) is 0 Å². The van der Waals surface area contributed by atoms with E-state index in [9.17, 15) is 4.79 Å². The molecule has 0 saturated carbocycles. The second kappa shape index (κ2) is 10.5. The van der Waals surface area contributed by atoms with Crippen molar-refractivity contribution in [3.63, 3.8) is 0 Å². The smallest absolute Gasteiger partial charge is 0.259 e. The molecule has 1 aliphatic heterocycles. The van der Waals surface area contributed by atoms with E-state index in [0.29, 0.717) is 13.0 Å². The average Bonchev–Trinajstić information content (AvgIpc) is 2.70. The first kappa shape index (κ1) is 23.2. The van der Waals surface area contributed by atoms with Crippen LogP contribution in [0.15, 0.2) is 65.9 Å². The summed E-state index contributed by atoms with van der Waals surface area (Å²) in [6.07, 6.45) is 8.55. The van der Waals surface area contributed by atoms with Gasteiger partial charge in [-0.3, -0.25) is 4.79 Å². The molecule has 28 heavy (non-hydrogen) atoms. The van der Waals surface area contributed by atoms with Gasteiger partial charge in [0.1, 0.15) is 0 Å². The molecule has 0 fully saturated rings. The number of nitrogens with one attached hydrogen (secondary N) is 2. The Morgan fingerprint density at radius 2 is 1.86 bits per heavy atom. The molecule has 1 aliphatic rings. The van der Waals surface area contributed by atoms with Crippen LogP contribution in [0.3, 0.4) is 0 Å². The van der Waals surface area contributed by atoms with E-state index in [4.69, 9.17) is 0 Å².